The molecule has 0 saturated heterocycles. The summed E-state index contributed by atoms with van der Waals surface area (Å²) in [4.78, 5) is 23.9. The number of hydrogen-bond donors (Lipinski definition) is 2. The number of imidazole rings is 1. The molecule has 0 aliphatic heterocycles. The lowest BCUT2D eigenvalue weighted by Gasteiger charge is -2.20. The van der Waals surface area contributed by atoms with E-state index in [4.69, 9.17) is 11.6 Å². The monoisotopic (exact) mass is 526 g/mol. The molecule has 1 heterocycles. The maximum Gasteiger partial charge on any atom is 0.573 e. The molecule has 166 valence electrons. The summed E-state index contributed by atoms with van der Waals surface area (Å²) in [5.74, 6) is -0.648. The average molecular weight is 528 g/mol. The van der Waals surface area contributed by atoms with Crippen LogP contribution in [0.2, 0.25) is 0 Å². The van der Waals surface area contributed by atoms with E-state index in [2.05, 4.69) is 40.9 Å². The lowest BCUT2D eigenvalue weighted by Crippen LogP contribution is -2.22. The third kappa shape index (κ3) is 5.49. The number of fused-ring (bicyclic) bond motifs is 1. The fourth-order valence-corrected chi connectivity index (χ4v) is 3.61. The number of carbonyl (C=O) groups excluding carboxylic acids is 1. The van der Waals surface area contributed by atoms with Crippen LogP contribution in [0.5, 0.6) is 0 Å². The second kappa shape index (κ2) is 8.95. The summed E-state index contributed by atoms with van der Waals surface area (Å²) in [6.45, 7) is 0. The van der Waals surface area contributed by atoms with Crippen molar-refractivity contribution in [1.29, 1.82) is 0 Å². The molecule has 11 heteroatoms. The van der Waals surface area contributed by atoms with Crippen molar-refractivity contribution in [2.45, 2.75) is 24.6 Å². The minimum Gasteiger partial charge on any atom is -0.404 e. The van der Waals surface area contributed by atoms with Crippen molar-refractivity contribution in [3.8, 4) is 0 Å². The molecule has 0 radical (unpaired) electrons. The fourth-order valence-electron chi connectivity index (χ4n) is 3.12. The van der Waals surface area contributed by atoms with Crippen LogP contribution in [0.15, 0.2) is 63.8 Å². The minimum absolute atomic E-state index is 0.0893. The topological polar surface area (TPSA) is 79.4 Å². The van der Waals surface area contributed by atoms with Crippen molar-refractivity contribution < 1.29 is 22.7 Å². The Morgan fingerprint density at radius 3 is 2.72 bits per heavy atom. The zero-order chi connectivity index (χ0) is 22.9. The van der Waals surface area contributed by atoms with Crippen LogP contribution in [0.25, 0.3) is 11.0 Å². The summed E-state index contributed by atoms with van der Waals surface area (Å²) in [5, 5.41) is 2.21. The molecule has 1 unspecified atom stereocenters. The van der Waals surface area contributed by atoms with Gasteiger partial charge in [0.25, 0.3) is 5.91 Å². The number of hydrogen-bond acceptors (Lipinski definition) is 4. The molecule has 4 rings (SSSR count). The Bertz CT molecular complexity index is 1220. The first-order chi connectivity index (χ1) is 15.2. The Hall–Kier alpha value is -2.85. The van der Waals surface area contributed by atoms with Crippen molar-refractivity contribution in [2.75, 3.05) is 5.32 Å². The summed E-state index contributed by atoms with van der Waals surface area (Å²) >= 11 is 9.28. The number of carbonyl (C=O) groups is 1. The molecular formula is C21H15BrClF3N4O2. The zero-order valence-corrected chi connectivity index (χ0v) is 18.6. The number of aromatic amines is 1. The molecule has 32 heavy (non-hydrogen) atoms. The molecule has 0 fully saturated rings. The normalized spacial score (nSPS) is 18.0. The number of aliphatic imine (C=N–C) groups is 1. The van der Waals surface area contributed by atoms with Crippen molar-refractivity contribution in [1.82, 2.24) is 9.97 Å². The van der Waals surface area contributed by atoms with Crippen molar-refractivity contribution in [3.63, 3.8) is 0 Å². The summed E-state index contributed by atoms with van der Waals surface area (Å²) in [6.07, 6.45) is -3.05. The lowest BCUT2D eigenvalue weighted by atomic mass is 10.0. The number of aromatic nitrogens is 2. The van der Waals surface area contributed by atoms with Gasteiger partial charge in [-0.15, -0.1) is 24.8 Å². The van der Waals surface area contributed by atoms with Crippen LogP contribution < -0.4 is 5.32 Å². The van der Waals surface area contributed by atoms with Gasteiger partial charge in [-0.2, -0.15) is 0 Å². The first kappa shape index (κ1) is 22.3. The summed E-state index contributed by atoms with van der Waals surface area (Å²) in [7, 11) is 0. The number of nitrogens with zero attached hydrogens (tertiary/aromatic N) is 2. The molecule has 6 nitrogen and oxygen atoms in total. The molecule has 1 aliphatic carbocycles. The number of alkyl halides is 4. The third-order valence-corrected chi connectivity index (χ3v) is 5.45. The molecule has 0 saturated carbocycles. The lowest BCUT2D eigenvalue weighted by molar-refractivity contribution is -0.302. The number of halogens is 5. The van der Waals surface area contributed by atoms with Crippen molar-refractivity contribution in [3.05, 3.63) is 64.3 Å². The third-order valence-electron chi connectivity index (χ3n) is 4.57. The highest BCUT2D eigenvalue weighted by molar-refractivity contribution is 9.10. The van der Waals surface area contributed by atoms with E-state index in [1.54, 1.807) is 30.3 Å². The first-order valence-electron chi connectivity index (χ1n) is 9.42. The number of nitrogens with one attached hydrogen (secondary N) is 2. The number of anilines is 1. The zero-order valence-electron chi connectivity index (χ0n) is 16.2. The minimum atomic E-state index is -4.86. The van der Waals surface area contributed by atoms with Crippen LogP contribution in [0.1, 0.15) is 23.2 Å². The largest absolute Gasteiger partial charge is 0.573 e. The Kier molecular flexibility index (Phi) is 6.25. The summed E-state index contributed by atoms with van der Waals surface area (Å²) in [5.41, 5.74) is 2.13. The first-order valence-corrected chi connectivity index (χ1v) is 10.7. The van der Waals surface area contributed by atoms with Gasteiger partial charge in [-0.3, -0.25) is 4.79 Å². The van der Waals surface area contributed by atoms with Crippen molar-refractivity contribution >= 4 is 61.8 Å². The van der Waals surface area contributed by atoms with Crippen LogP contribution in [0, 0.1) is 0 Å². The Labute approximate surface area is 193 Å². The highest BCUT2D eigenvalue weighted by atomic mass is 79.9. The predicted molar refractivity (Wildman–Crippen MR) is 119 cm³/mol. The van der Waals surface area contributed by atoms with Crippen LogP contribution in [-0.2, 0) is 4.74 Å². The van der Waals surface area contributed by atoms with Gasteiger partial charge in [-0.1, -0.05) is 15.9 Å². The van der Waals surface area contributed by atoms with E-state index in [-0.39, 0.29) is 24.0 Å². The van der Waals surface area contributed by atoms with Gasteiger partial charge in [0.15, 0.2) is 0 Å². The number of H-pyrrole nitrogens is 1. The predicted octanol–water partition coefficient (Wildman–Crippen LogP) is 6.47. The quantitative estimate of drug-likeness (QED) is 0.382. The molecular weight excluding hydrogens is 513 g/mol. The highest BCUT2D eigenvalue weighted by Crippen LogP contribution is 2.29. The average Bonchev–Trinajstić information content (AvgIpc) is 3.12. The molecule has 1 atom stereocenters. The smallest absolute Gasteiger partial charge is 0.404 e. The molecule has 2 aromatic carbocycles. The highest BCUT2D eigenvalue weighted by Gasteiger charge is 2.35. The van der Waals surface area contributed by atoms with E-state index in [9.17, 15) is 18.0 Å². The molecule has 0 spiro atoms. The van der Waals surface area contributed by atoms with Gasteiger partial charge in [0.2, 0.25) is 5.95 Å². The SMILES string of the molecule is O=C(Nc1ccc(Br)cc1)c1ccc2nc(N=C3CCC(Cl)C=C3OC(F)(F)F)[nH]c2c1. The maximum atomic E-state index is 12.7. The Morgan fingerprint density at radius 2 is 2.00 bits per heavy atom. The summed E-state index contributed by atoms with van der Waals surface area (Å²) in [6, 6.07) is 12.0. The van der Waals surface area contributed by atoms with Gasteiger partial charge in [0.1, 0.15) is 5.76 Å². The molecule has 0 bridgehead atoms. The van der Waals surface area contributed by atoms with Gasteiger partial charge in [-0.25, -0.2) is 9.98 Å². The van der Waals surface area contributed by atoms with E-state index in [1.807, 2.05) is 12.1 Å². The second-order valence-electron chi connectivity index (χ2n) is 6.95. The van der Waals surface area contributed by atoms with Gasteiger partial charge in [-0.05, 0) is 61.4 Å². The van der Waals surface area contributed by atoms with Gasteiger partial charge >= 0.3 is 6.36 Å². The van der Waals surface area contributed by atoms with Crippen molar-refractivity contribution in [2.24, 2.45) is 4.99 Å². The number of benzene rings is 2. The number of allylic oxidation sites excluding steroid dienone is 2. The van der Waals surface area contributed by atoms with Crippen LogP contribution in [-0.4, -0.2) is 33.3 Å². The fraction of sp³-hybridized carbons (Fsp3) is 0.190. The number of rotatable bonds is 4. The van der Waals surface area contributed by atoms with Crippen LogP contribution in [0.4, 0.5) is 24.8 Å². The molecule has 2 N–H and O–H groups in total. The van der Waals surface area contributed by atoms with Gasteiger partial charge in [0.05, 0.1) is 22.1 Å². The Balaban J connectivity index is 1.58. The van der Waals surface area contributed by atoms with E-state index in [0.29, 0.717) is 28.7 Å². The Morgan fingerprint density at radius 1 is 1.25 bits per heavy atom. The maximum absolute atomic E-state index is 12.7. The molecule has 3 aromatic rings. The van der Waals surface area contributed by atoms with Gasteiger partial charge in [0, 0.05) is 15.7 Å². The second-order valence-corrected chi connectivity index (χ2v) is 8.42. The number of amides is 1. The van der Waals surface area contributed by atoms with Crippen LogP contribution in [0.3, 0.4) is 0 Å². The molecule has 1 aromatic heterocycles. The number of ether oxygens (including phenoxy) is 1. The van der Waals surface area contributed by atoms with E-state index in [1.165, 1.54) is 6.08 Å². The van der Waals surface area contributed by atoms with E-state index >= 15 is 0 Å². The van der Waals surface area contributed by atoms with Crippen LogP contribution >= 0.6 is 27.5 Å². The summed E-state index contributed by atoms with van der Waals surface area (Å²) < 4.78 is 43.1. The van der Waals surface area contributed by atoms with E-state index < -0.39 is 17.5 Å². The molecule has 1 aliphatic rings. The van der Waals surface area contributed by atoms with Gasteiger partial charge < -0.3 is 15.0 Å². The molecule has 1 amide bonds. The standard InChI is InChI=1S/C21H15BrClF3N4O2/c22-12-2-5-14(6-3-12)27-19(31)11-1-7-15-17(9-11)30-20(28-15)29-16-8-4-13(23)10-18(16)32-21(24,25)26/h1-3,5-7,9-10,13H,4,8H2,(H,27,31)(H,28,30). The van der Waals surface area contributed by atoms with E-state index in [0.717, 1.165) is 4.47 Å².